The summed E-state index contributed by atoms with van der Waals surface area (Å²) in [5, 5.41) is 2.91. The fourth-order valence-electron chi connectivity index (χ4n) is 2.57. The first-order valence-electron chi connectivity index (χ1n) is 6.66. The summed E-state index contributed by atoms with van der Waals surface area (Å²) in [5.41, 5.74) is 5.97. The maximum atomic E-state index is 12.1. The Kier molecular flexibility index (Phi) is 4.89. The lowest BCUT2D eigenvalue weighted by atomic mass is 10.0. The maximum Gasteiger partial charge on any atom is 0.387 e. The summed E-state index contributed by atoms with van der Waals surface area (Å²) in [6.45, 7) is -2.36. The van der Waals surface area contributed by atoms with Crippen LogP contribution in [0.1, 0.15) is 29.6 Å². The lowest BCUT2D eigenvalue weighted by molar-refractivity contribution is -0.0498. The van der Waals surface area contributed by atoms with Gasteiger partial charge in [0.2, 0.25) is 0 Å². The molecular formula is C14H18F2N2O2. The topological polar surface area (TPSA) is 64.3 Å². The average molecular weight is 284 g/mol. The molecule has 1 aromatic rings. The molecule has 0 aromatic heterocycles. The van der Waals surface area contributed by atoms with Gasteiger partial charge in [-0.3, -0.25) is 4.79 Å². The normalized spacial score (nSPS) is 22.0. The van der Waals surface area contributed by atoms with Crippen molar-refractivity contribution in [3.8, 4) is 5.75 Å². The third-order valence-electron chi connectivity index (χ3n) is 3.60. The van der Waals surface area contributed by atoms with Crippen molar-refractivity contribution in [1.82, 2.24) is 5.32 Å². The highest BCUT2D eigenvalue weighted by Gasteiger charge is 2.27. The van der Waals surface area contributed by atoms with Crippen LogP contribution >= 0.6 is 0 Å². The molecule has 110 valence electrons. The second kappa shape index (κ2) is 6.65. The third kappa shape index (κ3) is 3.66. The Morgan fingerprint density at radius 3 is 2.95 bits per heavy atom. The monoisotopic (exact) mass is 284 g/mol. The molecule has 1 saturated carbocycles. The molecule has 1 fully saturated rings. The van der Waals surface area contributed by atoms with E-state index in [0.29, 0.717) is 18.0 Å². The first kappa shape index (κ1) is 14.7. The summed E-state index contributed by atoms with van der Waals surface area (Å²) >= 11 is 0. The number of carbonyl (C=O) groups excluding carboxylic acids is 1. The van der Waals surface area contributed by atoms with Gasteiger partial charge in [-0.2, -0.15) is 8.78 Å². The van der Waals surface area contributed by atoms with Crippen LogP contribution in [0.2, 0.25) is 0 Å². The van der Waals surface area contributed by atoms with Gasteiger partial charge in [-0.25, -0.2) is 0 Å². The molecule has 3 N–H and O–H groups in total. The van der Waals surface area contributed by atoms with Gasteiger partial charge >= 0.3 is 6.61 Å². The number of hydrogen-bond donors (Lipinski definition) is 2. The first-order chi connectivity index (χ1) is 9.60. The number of amides is 1. The van der Waals surface area contributed by atoms with Crippen LogP contribution in [-0.4, -0.2) is 25.1 Å². The number of halogens is 2. The second-order valence-electron chi connectivity index (χ2n) is 4.91. The van der Waals surface area contributed by atoms with Gasteiger partial charge in [0.1, 0.15) is 5.75 Å². The highest BCUT2D eigenvalue weighted by molar-refractivity contribution is 5.94. The zero-order valence-electron chi connectivity index (χ0n) is 11.0. The van der Waals surface area contributed by atoms with Crippen LogP contribution in [0.4, 0.5) is 8.78 Å². The van der Waals surface area contributed by atoms with E-state index < -0.39 is 6.61 Å². The van der Waals surface area contributed by atoms with E-state index in [9.17, 15) is 13.6 Å². The minimum Gasteiger partial charge on any atom is -0.435 e. The maximum absolute atomic E-state index is 12.1. The van der Waals surface area contributed by atoms with E-state index in [0.717, 1.165) is 19.3 Å². The number of ether oxygens (including phenoxy) is 1. The number of rotatable bonds is 5. The largest absolute Gasteiger partial charge is 0.435 e. The zero-order valence-corrected chi connectivity index (χ0v) is 11.0. The number of alkyl halides is 2. The molecule has 2 atom stereocenters. The summed E-state index contributed by atoms with van der Waals surface area (Å²) in [6, 6.07) is 5.85. The minimum atomic E-state index is -2.90. The van der Waals surface area contributed by atoms with Crippen molar-refractivity contribution in [2.75, 3.05) is 6.54 Å². The molecule has 4 nitrogen and oxygen atoms in total. The molecule has 0 aliphatic heterocycles. The van der Waals surface area contributed by atoms with Crippen molar-refractivity contribution in [1.29, 1.82) is 0 Å². The third-order valence-corrected chi connectivity index (χ3v) is 3.60. The van der Waals surface area contributed by atoms with Crippen LogP contribution in [0.3, 0.4) is 0 Å². The number of nitrogens with one attached hydrogen (secondary N) is 1. The van der Waals surface area contributed by atoms with E-state index in [4.69, 9.17) is 5.73 Å². The van der Waals surface area contributed by atoms with Crippen molar-refractivity contribution in [2.45, 2.75) is 31.9 Å². The number of benzene rings is 1. The Balaban J connectivity index is 2.01. The molecule has 1 amide bonds. The van der Waals surface area contributed by atoms with Gasteiger partial charge in [-0.15, -0.1) is 0 Å². The Hall–Kier alpha value is -1.69. The molecule has 6 heteroatoms. The van der Waals surface area contributed by atoms with Gasteiger partial charge in [-0.1, -0.05) is 12.5 Å². The Morgan fingerprint density at radius 2 is 2.25 bits per heavy atom. The fourth-order valence-corrected chi connectivity index (χ4v) is 2.57. The molecule has 20 heavy (non-hydrogen) atoms. The highest BCUT2D eigenvalue weighted by atomic mass is 19.3. The van der Waals surface area contributed by atoms with Crippen LogP contribution in [-0.2, 0) is 0 Å². The van der Waals surface area contributed by atoms with Crippen LogP contribution in [0, 0.1) is 5.92 Å². The highest BCUT2D eigenvalue weighted by Crippen LogP contribution is 2.25. The van der Waals surface area contributed by atoms with E-state index in [1.807, 2.05) is 0 Å². The minimum absolute atomic E-state index is 0.0190. The van der Waals surface area contributed by atoms with Crippen molar-refractivity contribution in [3.63, 3.8) is 0 Å². The van der Waals surface area contributed by atoms with E-state index in [1.165, 1.54) is 18.2 Å². The van der Waals surface area contributed by atoms with Crippen molar-refractivity contribution < 1.29 is 18.3 Å². The first-order valence-corrected chi connectivity index (χ1v) is 6.66. The summed E-state index contributed by atoms with van der Waals surface area (Å²) in [6.07, 6.45) is 2.96. The molecular weight excluding hydrogens is 266 g/mol. The molecule has 2 rings (SSSR count). The zero-order chi connectivity index (χ0) is 14.5. The summed E-state index contributed by atoms with van der Waals surface area (Å²) in [7, 11) is 0. The molecule has 0 spiro atoms. The number of carbonyl (C=O) groups is 1. The van der Waals surface area contributed by atoms with Crippen LogP contribution in [0.15, 0.2) is 24.3 Å². The van der Waals surface area contributed by atoms with Gasteiger partial charge in [0.25, 0.3) is 5.91 Å². The molecule has 1 aromatic carbocycles. The fraction of sp³-hybridized carbons (Fsp3) is 0.500. The van der Waals surface area contributed by atoms with E-state index in [-0.39, 0.29) is 17.7 Å². The quantitative estimate of drug-likeness (QED) is 0.870. The molecule has 1 aliphatic rings. The summed E-state index contributed by atoms with van der Waals surface area (Å²) in [4.78, 5) is 12.1. The number of nitrogens with two attached hydrogens (primary N) is 1. The Labute approximate surface area is 116 Å². The number of hydrogen-bond acceptors (Lipinski definition) is 3. The van der Waals surface area contributed by atoms with E-state index in [1.54, 1.807) is 6.07 Å². The van der Waals surface area contributed by atoms with Crippen molar-refractivity contribution in [3.05, 3.63) is 29.8 Å². The van der Waals surface area contributed by atoms with Gasteiger partial charge in [0.15, 0.2) is 0 Å². The van der Waals surface area contributed by atoms with Gasteiger partial charge < -0.3 is 15.8 Å². The summed E-state index contributed by atoms with van der Waals surface area (Å²) < 4.78 is 28.6. The molecule has 2 unspecified atom stereocenters. The molecule has 0 radical (unpaired) electrons. The van der Waals surface area contributed by atoms with E-state index >= 15 is 0 Å². The Morgan fingerprint density at radius 1 is 1.45 bits per heavy atom. The average Bonchev–Trinajstić information content (AvgIpc) is 2.85. The second-order valence-corrected chi connectivity index (χ2v) is 4.91. The predicted octanol–water partition coefficient (Wildman–Crippen LogP) is 2.15. The molecule has 0 saturated heterocycles. The van der Waals surface area contributed by atoms with Gasteiger partial charge in [0, 0.05) is 11.6 Å². The van der Waals surface area contributed by atoms with Crippen LogP contribution in [0.25, 0.3) is 0 Å². The lowest BCUT2D eigenvalue weighted by Crippen LogP contribution is -2.39. The van der Waals surface area contributed by atoms with Crippen molar-refractivity contribution in [2.24, 2.45) is 11.7 Å². The predicted molar refractivity (Wildman–Crippen MR) is 70.7 cm³/mol. The SMILES string of the molecule is NCC1CCCC1NC(=O)c1cccc(OC(F)F)c1. The Bertz CT molecular complexity index is 468. The standard InChI is InChI=1S/C14H18F2N2O2/c15-14(16)20-11-5-1-3-9(7-11)13(19)18-12-6-2-4-10(12)8-17/h1,3,5,7,10,12,14H,2,4,6,8,17H2,(H,18,19). The smallest absolute Gasteiger partial charge is 0.387 e. The molecule has 0 heterocycles. The van der Waals surface area contributed by atoms with E-state index in [2.05, 4.69) is 10.1 Å². The molecule has 0 bridgehead atoms. The van der Waals surface area contributed by atoms with Gasteiger partial charge in [-0.05, 0) is 43.5 Å². The van der Waals surface area contributed by atoms with Crippen LogP contribution in [0.5, 0.6) is 5.75 Å². The molecule has 1 aliphatic carbocycles. The van der Waals surface area contributed by atoms with Gasteiger partial charge in [0.05, 0.1) is 0 Å². The lowest BCUT2D eigenvalue weighted by Gasteiger charge is -2.19. The van der Waals surface area contributed by atoms with Crippen LogP contribution < -0.4 is 15.8 Å². The summed E-state index contributed by atoms with van der Waals surface area (Å²) in [5.74, 6) is -0.0102. The van der Waals surface area contributed by atoms with Crippen molar-refractivity contribution >= 4 is 5.91 Å².